The SMILES string of the molecule is Cc1cc(C)c(S(=O)(=O)NC(CNC(=O)c2cn(C)c3cc(CNC4NCCN4)ccc3c2=O)C(=O)O)c(C)c1. The van der Waals surface area contributed by atoms with Crippen LogP contribution in [0.2, 0.25) is 0 Å². The molecular formula is C27H34N6O6S. The number of pyridine rings is 1. The van der Waals surface area contributed by atoms with Crippen molar-refractivity contribution in [2.24, 2.45) is 7.05 Å². The molecule has 13 heteroatoms. The number of rotatable bonds is 10. The third kappa shape index (κ3) is 6.40. The van der Waals surface area contributed by atoms with Gasteiger partial charge in [0.05, 0.1) is 10.4 Å². The van der Waals surface area contributed by atoms with Crippen molar-refractivity contribution < 1.29 is 23.1 Å². The highest BCUT2D eigenvalue weighted by atomic mass is 32.2. The Kier molecular flexibility index (Phi) is 8.71. The molecule has 1 aliphatic rings. The molecule has 1 amide bonds. The zero-order valence-corrected chi connectivity index (χ0v) is 23.6. The fraction of sp³-hybridized carbons (Fsp3) is 0.370. The summed E-state index contributed by atoms with van der Waals surface area (Å²) in [5.74, 6) is -2.28. The first kappa shape index (κ1) is 29.4. The summed E-state index contributed by atoms with van der Waals surface area (Å²) < 4.78 is 29.9. The summed E-state index contributed by atoms with van der Waals surface area (Å²) in [7, 11) is -2.51. The lowest BCUT2D eigenvalue weighted by Gasteiger charge is -2.18. The number of carboxylic acids is 1. The summed E-state index contributed by atoms with van der Waals surface area (Å²) >= 11 is 0. The van der Waals surface area contributed by atoms with Crippen molar-refractivity contribution in [2.75, 3.05) is 19.6 Å². The quantitative estimate of drug-likeness (QED) is 0.199. The number of sulfonamides is 1. The van der Waals surface area contributed by atoms with Crippen molar-refractivity contribution in [2.45, 2.75) is 44.5 Å². The van der Waals surface area contributed by atoms with E-state index in [9.17, 15) is 27.9 Å². The van der Waals surface area contributed by atoms with Crippen molar-refractivity contribution in [1.82, 2.24) is 30.6 Å². The van der Waals surface area contributed by atoms with E-state index in [0.717, 1.165) is 24.2 Å². The molecule has 0 bridgehead atoms. The van der Waals surface area contributed by atoms with E-state index in [1.807, 2.05) is 13.0 Å². The first-order valence-corrected chi connectivity index (χ1v) is 14.3. The van der Waals surface area contributed by atoms with Crippen molar-refractivity contribution in [1.29, 1.82) is 0 Å². The smallest absolute Gasteiger partial charge is 0.323 e. The molecule has 214 valence electrons. The number of aryl methyl sites for hydroxylation is 4. The van der Waals surface area contributed by atoms with Crippen LogP contribution in [0.25, 0.3) is 10.9 Å². The summed E-state index contributed by atoms with van der Waals surface area (Å²) in [4.78, 5) is 38.0. The molecule has 1 aliphatic heterocycles. The minimum absolute atomic E-state index is 0.00892. The van der Waals surface area contributed by atoms with Gasteiger partial charge < -0.3 is 15.0 Å². The Labute approximate surface area is 232 Å². The highest BCUT2D eigenvalue weighted by Gasteiger charge is 2.29. The Morgan fingerprint density at radius 3 is 2.38 bits per heavy atom. The van der Waals surface area contributed by atoms with Crippen LogP contribution >= 0.6 is 0 Å². The van der Waals surface area contributed by atoms with Gasteiger partial charge in [0.25, 0.3) is 5.91 Å². The monoisotopic (exact) mass is 570 g/mol. The molecule has 12 nitrogen and oxygen atoms in total. The number of nitrogens with zero attached hydrogens (tertiary/aromatic N) is 1. The van der Waals surface area contributed by atoms with Crippen LogP contribution in [0.4, 0.5) is 0 Å². The second-order valence-corrected chi connectivity index (χ2v) is 11.7. The lowest BCUT2D eigenvalue weighted by atomic mass is 10.1. The predicted octanol–water partition coefficient (Wildman–Crippen LogP) is 0.191. The molecule has 1 unspecified atom stereocenters. The third-order valence-electron chi connectivity index (χ3n) is 6.77. The van der Waals surface area contributed by atoms with Crippen LogP contribution in [0.15, 0.2) is 46.2 Å². The molecule has 40 heavy (non-hydrogen) atoms. The summed E-state index contributed by atoms with van der Waals surface area (Å²) in [6.07, 6.45) is 1.39. The number of amides is 1. The van der Waals surface area contributed by atoms with E-state index >= 15 is 0 Å². The van der Waals surface area contributed by atoms with Gasteiger partial charge in [-0.15, -0.1) is 0 Å². The highest BCUT2D eigenvalue weighted by Crippen LogP contribution is 2.22. The molecule has 0 saturated carbocycles. The number of fused-ring (bicyclic) bond motifs is 1. The Morgan fingerprint density at radius 2 is 1.75 bits per heavy atom. The van der Waals surface area contributed by atoms with E-state index in [1.54, 1.807) is 49.7 Å². The van der Waals surface area contributed by atoms with Crippen LogP contribution in [-0.4, -0.2) is 61.9 Å². The summed E-state index contributed by atoms with van der Waals surface area (Å²) in [6, 6.07) is 7.05. The first-order valence-electron chi connectivity index (χ1n) is 12.8. The van der Waals surface area contributed by atoms with Crippen molar-refractivity contribution in [3.05, 3.63) is 74.6 Å². The zero-order chi connectivity index (χ0) is 29.2. The molecule has 0 aliphatic carbocycles. The molecule has 2 aromatic carbocycles. The normalized spacial score (nSPS) is 14.9. The number of carbonyl (C=O) groups is 2. The standard InChI is InChI=1S/C27H34N6O6S/c1-15-9-16(2)24(17(3)10-15)40(38,39)32-21(26(36)37)13-30-25(35)20-14-33(4)22-11-18(5-6-19(22)23(20)34)12-31-27-28-7-8-29-27/h5-6,9-11,14,21,27-29,31-32H,7-8,12-13H2,1-4H3,(H,30,35)(H,36,37). The Bertz CT molecular complexity index is 1610. The van der Waals surface area contributed by atoms with Crippen LogP contribution in [-0.2, 0) is 28.4 Å². The molecular weight excluding hydrogens is 536 g/mol. The number of aromatic nitrogens is 1. The molecule has 1 saturated heterocycles. The maximum atomic E-state index is 13.2. The highest BCUT2D eigenvalue weighted by molar-refractivity contribution is 7.89. The van der Waals surface area contributed by atoms with Gasteiger partial charge in [-0.05, 0) is 49.6 Å². The minimum Gasteiger partial charge on any atom is -0.480 e. The van der Waals surface area contributed by atoms with Gasteiger partial charge in [0, 0.05) is 44.8 Å². The number of benzene rings is 2. The molecule has 0 spiro atoms. The van der Waals surface area contributed by atoms with Crippen molar-refractivity contribution in [3.63, 3.8) is 0 Å². The van der Waals surface area contributed by atoms with Crippen molar-refractivity contribution >= 4 is 32.8 Å². The Hall–Kier alpha value is -3.62. The number of aliphatic carboxylic acids is 1. The molecule has 3 aromatic rings. The van der Waals surface area contributed by atoms with Crippen LogP contribution in [0.5, 0.6) is 0 Å². The Balaban J connectivity index is 1.50. The lowest BCUT2D eigenvalue weighted by Crippen LogP contribution is -2.49. The number of hydrogen-bond acceptors (Lipinski definition) is 8. The second kappa shape index (κ2) is 11.9. The largest absolute Gasteiger partial charge is 0.480 e. The Morgan fingerprint density at radius 1 is 1.10 bits per heavy atom. The molecule has 2 heterocycles. The van der Waals surface area contributed by atoms with Crippen LogP contribution in [0.1, 0.15) is 32.6 Å². The van der Waals surface area contributed by atoms with Gasteiger partial charge in [-0.25, -0.2) is 8.42 Å². The number of nitrogens with one attached hydrogen (secondary N) is 5. The van der Waals surface area contributed by atoms with E-state index in [0.29, 0.717) is 28.6 Å². The third-order valence-corrected chi connectivity index (χ3v) is 8.54. The molecule has 1 aromatic heterocycles. The lowest BCUT2D eigenvalue weighted by molar-refractivity contribution is -0.138. The zero-order valence-electron chi connectivity index (χ0n) is 22.8. The molecule has 1 atom stereocenters. The number of carboxylic acid groups (broad SMARTS) is 1. The molecule has 6 N–H and O–H groups in total. The average Bonchev–Trinajstić information content (AvgIpc) is 3.40. The van der Waals surface area contributed by atoms with Gasteiger partial charge in [0.1, 0.15) is 17.9 Å². The van der Waals surface area contributed by atoms with Gasteiger partial charge in [0.15, 0.2) is 0 Å². The van der Waals surface area contributed by atoms with Gasteiger partial charge in [-0.2, -0.15) is 4.72 Å². The molecule has 4 rings (SSSR count). The van der Waals surface area contributed by atoms with Crippen LogP contribution in [0.3, 0.4) is 0 Å². The van der Waals surface area contributed by atoms with Crippen molar-refractivity contribution in [3.8, 4) is 0 Å². The number of hydrogen-bond donors (Lipinski definition) is 6. The predicted molar refractivity (Wildman–Crippen MR) is 151 cm³/mol. The first-order chi connectivity index (χ1) is 18.9. The summed E-state index contributed by atoms with van der Waals surface area (Å²) in [5, 5.41) is 22.3. The van der Waals surface area contributed by atoms with E-state index < -0.39 is 39.9 Å². The van der Waals surface area contributed by atoms with E-state index in [2.05, 4.69) is 26.0 Å². The maximum absolute atomic E-state index is 13.2. The van der Waals surface area contributed by atoms with Gasteiger partial charge in [-0.3, -0.25) is 30.3 Å². The fourth-order valence-electron chi connectivity index (χ4n) is 4.98. The van der Waals surface area contributed by atoms with E-state index in [1.165, 1.54) is 6.20 Å². The van der Waals surface area contributed by atoms with Crippen LogP contribution in [0, 0.1) is 20.8 Å². The van der Waals surface area contributed by atoms with Gasteiger partial charge >= 0.3 is 5.97 Å². The topological polar surface area (TPSA) is 171 Å². The molecule has 0 radical (unpaired) electrons. The summed E-state index contributed by atoms with van der Waals surface area (Å²) in [6.45, 7) is 6.84. The average molecular weight is 571 g/mol. The number of carbonyl (C=O) groups excluding carboxylic acids is 1. The fourth-order valence-corrected chi connectivity index (χ4v) is 6.62. The summed E-state index contributed by atoms with van der Waals surface area (Å²) in [5.41, 5.74) is 2.71. The maximum Gasteiger partial charge on any atom is 0.323 e. The second-order valence-electron chi connectivity index (χ2n) is 10.0. The van der Waals surface area contributed by atoms with E-state index in [-0.39, 0.29) is 16.7 Å². The van der Waals surface area contributed by atoms with Crippen LogP contribution < -0.4 is 31.4 Å². The van der Waals surface area contributed by atoms with Gasteiger partial charge in [-0.1, -0.05) is 23.8 Å². The molecule has 1 fully saturated rings. The van der Waals surface area contributed by atoms with E-state index in [4.69, 9.17) is 0 Å². The van der Waals surface area contributed by atoms with Gasteiger partial charge in [0.2, 0.25) is 15.5 Å². The minimum atomic E-state index is -4.21.